The number of sulfonamides is 2. The van der Waals surface area contributed by atoms with Gasteiger partial charge in [0.15, 0.2) is 0 Å². The molecule has 0 aromatic heterocycles. The zero-order chi connectivity index (χ0) is 19.2. The molecule has 9 heteroatoms. The molecule has 142 valence electrons. The Labute approximate surface area is 154 Å². The smallest absolute Gasteiger partial charge is 0.240 e. The van der Waals surface area contributed by atoms with Crippen LogP contribution >= 0.6 is 0 Å². The van der Waals surface area contributed by atoms with Crippen molar-refractivity contribution in [2.45, 2.75) is 23.1 Å². The van der Waals surface area contributed by atoms with Gasteiger partial charge in [0, 0.05) is 13.1 Å². The molecule has 0 saturated heterocycles. The summed E-state index contributed by atoms with van der Waals surface area (Å²) in [7, 11) is -7.50. The van der Waals surface area contributed by atoms with Crippen molar-refractivity contribution in [3.05, 3.63) is 59.7 Å². The van der Waals surface area contributed by atoms with Gasteiger partial charge in [-0.05, 0) is 48.7 Å². The fraction of sp³-hybridized carbons (Fsp3) is 0.294. The molecule has 0 aliphatic rings. The molecule has 26 heavy (non-hydrogen) atoms. The summed E-state index contributed by atoms with van der Waals surface area (Å²) in [4.78, 5) is -0.0757. The number of nitrogens with one attached hydrogen (secondary N) is 2. The molecule has 2 aromatic rings. The molecule has 0 aliphatic carbocycles. The van der Waals surface area contributed by atoms with E-state index in [1.54, 1.807) is 0 Å². The van der Waals surface area contributed by atoms with E-state index < -0.39 is 20.0 Å². The van der Waals surface area contributed by atoms with Crippen LogP contribution in [-0.2, 0) is 26.5 Å². The van der Waals surface area contributed by atoms with Crippen LogP contribution in [-0.4, -0.2) is 41.6 Å². The summed E-state index contributed by atoms with van der Waals surface area (Å²) < 4.78 is 53.2. The van der Waals surface area contributed by atoms with E-state index in [9.17, 15) is 16.8 Å². The first kappa shape index (κ1) is 20.5. The predicted molar refractivity (Wildman–Crippen MR) is 98.8 cm³/mol. The normalized spacial score (nSPS) is 12.2. The molecule has 0 saturated carbocycles. The van der Waals surface area contributed by atoms with Gasteiger partial charge in [-0.25, -0.2) is 26.3 Å². The lowest BCUT2D eigenvalue weighted by molar-refractivity contribution is 0.301. The lowest BCUT2D eigenvalue weighted by atomic mass is 10.1. The van der Waals surface area contributed by atoms with Crippen molar-refractivity contribution < 1.29 is 21.9 Å². The fourth-order valence-corrected chi connectivity index (χ4v) is 4.41. The van der Waals surface area contributed by atoms with Crippen molar-refractivity contribution in [2.24, 2.45) is 0 Å². The third-order valence-corrected chi connectivity index (χ3v) is 6.75. The van der Waals surface area contributed by atoms with Gasteiger partial charge < -0.3 is 5.11 Å². The van der Waals surface area contributed by atoms with Crippen LogP contribution in [0.2, 0.25) is 0 Å². The van der Waals surface area contributed by atoms with Gasteiger partial charge in [0.05, 0.1) is 16.4 Å². The van der Waals surface area contributed by atoms with Crippen molar-refractivity contribution in [3.8, 4) is 0 Å². The molecule has 0 unspecified atom stereocenters. The zero-order valence-electron chi connectivity index (χ0n) is 14.3. The Morgan fingerprint density at radius 2 is 1.31 bits per heavy atom. The predicted octanol–water partition coefficient (Wildman–Crippen LogP) is 0.787. The minimum Gasteiger partial charge on any atom is -0.395 e. The third kappa shape index (κ3) is 5.36. The molecule has 0 bridgehead atoms. The standard InChI is InChI=1S/C17H22N2O5S2/c1-14-4-2-3-5-15(14)10-11-18-25(21,22)16-6-8-17(9-7-16)26(23,24)19-12-13-20/h2-9,18-20H,10-13H2,1H3. The van der Waals surface area contributed by atoms with Crippen LogP contribution in [0.25, 0.3) is 0 Å². The first-order chi connectivity index (χ1) is 12.3. The number of hydrogen-bond acceptors (Lipinski definition) is 5. The Morgan fingerprint density at radius 3 is 1.81 bits per heavy atom. The Bertz CT molecular complexity index is 939. The molecular weight excluding hydrogens is 376 g/mol. The molecule has 0 spiro atoms. The molecule has 0 amide bonds. The highest BCUT2D eigenvalue weighted by Gasteiger charge is 2.17. The van der Waals surface area contributed by atoms with E-state index in [1.165, 1.54) is 24.3 Å². The molecule has 0 heterocycles. The highest BCUT2D eigenvalue weighted by Crippen LogP contribution is 2.14. The van der Waals surface area contributed by atoms with Crippen molar-refractivity contribution in [2.75, 3.05) is 19.7 Å². The molecule has 2 rings (SSSR count). The summed E-state index contributed by atoms with van der Waals surface area (Å²) >= 11 is 0. The molecule has 0 radical (unpaired) electrons. The molecule has 0 fully saturated rings. The molecular formula is C17H22N2O5S2. The van der Waals surface area contributed by atoms with E-state index in [1.807, 2.05) is 31.2 Å². The third-order valence-electron chi connectivity index (χ3n) is 3.80. The van der Waals surface area contributed by atoms with E-state index in [-0.39, 0.29) is 29.5 Å². The van der Waals surface area contributed by atoms with Crippen LogP contribution < -0.4 is 9.44 Å². The zero-order valence-corrected chi connectivity index (χ0v) is 16.0. The monoisotopic (exact) mass is 398 g/mol. The van der Waals surface area contributed by atoms with Gasteiger partial charge in [-0.2, -0.15) is 0 Å². The summed E-state index contributed by atoms with van der Waals surface area (Å²) in [6.07, 6.45) is 0.559. The lowest BCUT2D eigenvalue weighted by Crippen LogP contribution is -2.27. The molecule has 0 atom stereocenters. The first-order valence-electron chi connectivity index (χ1n) is 8.01. The van der Waals surface area contributed by atoms with Crippen LogP contribution in [0.1, 0.15) is 11.1 Å². The van der Waals surface area contributed by atoms with Gasteiger partial charge in [0.2, 0.25) is 20.0 Å². The van der Waals surface area contributed by atoms with E-state index in [2.05, 4.69) is 9.44 Å². The highest BCUT2D eigenvalue weighted by molar-refractivity contribution is 7.90. The van der Waals surface area contributed by atoms with Gasteiger partial charge in [-0.15, -0.1) is 0 Å². The van der Waals surface area contributed by atoms with Crippen molar-refractivity contribution >= 4 is 20.0 Å². The second kappa shape index (κ2) is 8.74. The van der Waals surface area contributed by atoms with E-state index in [0.29, 0.717) is 6.42 Å². The summed E-state index contributed by atoms with van der Waals surface area (Å²) in [5.74, 6) is 0. The number of aliphatic hydroxyl groups is 1. The van der Waals surface area contributed by atoms with E-state index in [0.717, 1.165) is 11.1 Å². The van der Waals surface area contributed by atoms with Crippen LogP contribution in [0.15, 0.2) is 58.3 Å². The average Bonchev–Trinajstić information content (AvgIpc) is 2.62. The van der Waals surface area contributed by atoms with Gasteiger partial charge >= 0.3 is 0 Å². The van der Waals surface area contributed by atoms with E-state index in [4.69, 9.17) is 5.11 Å². The summed E-state index contributed by atoms with van der Waals surface area (Å²) in [5.41, 5.74) is 2.16. The van der Waals surface area contributed by atoms with Crippen molar-refractivity contribution in [1.29, 1.82) is 0 Å². The molecule has 2 aromatic carbocycles. The Morgan fingerprint density at radius 1 is 0.808 bits per heavy atom. The first-order valence-corrected chi connectivity index (χ1v) is 11.0. The number of benzene rings is 2. The topological polar surface area (TPSA) is 113 Å². The summed E-state index contributed by atoms with van der Waals surface area (Å²) in [5, 5.41) is 8.69. The van der Waals surface area contributed by atoms with Crippen LogP contribution in [0.3, 0.4) is 0 Å². The van der Waals surface area contributed by atoms with E-state index >= 15 is 0 Å². The second-order valence-electron chi connectivity index (χ2n) is 5.67. The number of aliphatic hydroxyl groups excluding tert-OH is 1. The van der Waals surface area contributed by atoms with Gasteiger partial charge in [-0.3, -0.25) is 0 Å². The van der Waals surface area contributed by atoms with Gasteiger partial charge in [0.1, 0.15) is 0 Å². The van der Waals surface area contributed by atoms with Crippen LogP contribution in [0.5, 0.6) is 0 Å². The largest absolute Gasteiger partial charge is 0.395 e. The number of hydrogen-bond donors (Lipinski definition) is 3. The van der Waals surface area contributed by atoms with Crippen LogP contribution in [0.4, 0.5) is 0 Å². The maximum atomic E-state index is 12.3. The highest BCUT2D eigenvalue weighted by atomic mass is 32.2. The molecule has 0 aliphatic heterocycles. The maximum Gasteiger partial charge on any atom is 0.240 e. The van der Waals surface area contributed by atoms with Gasteiger partial charge in [-0.1, -0.05) is 24.3 Å². The maximum absolute atomic E-state index is 12.3. The second-order valence-corrected chi connectivity index (χ2v) is 9.20. The number of rotatable bonds is 9. The quantitative estimate of drug-likeness (QED) is 0.578. The summed E-state index contributed by atoms with van der Waals surface area (Å²) in [6.45, 7) is 1.78. The Kier molecular flexibility index (Phi) is 6.90. The lowest BCUT2D eigenvalue weighted by Gasteiger charge is -2.10. The SMILES string of the molecule is Cc1ccccc1CCNS(=O)(=O)c1ccc(S(=O)(=O)NCCO)cc1. The minimum atomic E-state index is -3.77. The minimum absolute atomic E-state index is 0.0107. The van der Waals surface area contributed by atoms with Crippen LogP contribution in [0, 0.1) is 6.92 Å². The Hall–Kier alpha value is -1.78. The van der Waals surface area contributed by atoms with Gasteiger partial charge in [0.25, 0.3) is 0 Å². The average molecular weight is 399 g/mol. The molecule has 7 nitrogen and oxygen atoms in total. The van der Waals surface area contributed by atoms with Crippen molar-refractivity contribution in [1.82, 2.24) is 9.44 Å². The Balaban J connectivity index is 2.04. The number of aryl methyl sites for hydroxylation is 1. The fourth-order valence-electron chi connectivity index (χ4n) is 2.36. The summed E-state index contributed by atoms with van der Waals surface area (Å²) in [6, 6.07) is 12.7. The van der Waals surface area contributed by atoms with Crippen molar-refractivity contribution in [3.63, 3.8) is 0 Å². The molecule has 3 N–H and O–H groups in total.